The van der Waals surface area contributed by atoms with Gasteiger partial charge in [0.2, 0.25) is 5.91 Å². The highest BCUT2D eigenvalue weighted by Gasteiger charge is 2.22. The lowest BCUT2D eigenvalue weighted by Crippen LogP contribution is -2.43. The van der Waals surface area contributed by atoms with Crippen LogP contribution >= 0.6 is 11.3 Å². The molecule has 0 saturated heterocycles. The first-order valence-corrected chi connectivity index (χ1v) is 8.51. The van der Waals surface area contributed by atoms with Crippen LogP contribution in [0.2, 0.25) is 0 Å². The molecule has 0 spiro atoms. The van der Waals surface area contributed by atoms with Gasteiger partial charge in [-0.1, -0.05) is 19.9 Å². The van der Waals surface area contributed by atoms with Crippen LogP contribution in [0.3, 0.4) is 0 Å². The molecule has 0 unspecified atom stereocenters. The number of sulfonamides is 1. The molecule has 1 aromatic rings. The number of nitrogens with one attached hydrogen (secondary N) is 1. The molecule has 20 heavy (non-hydrogen) atoms. The minimum absolute atomic E-state index is 0.197. The Balaban J connectivity index is 2.56. The van der Waals surface area contributed by atoms with Crippen LogP contribution in [0, 0.1) is 5.41 Å². The zero-order valence-electron chi connectivity index (χ0n) is 11.9. The standard InChI is InChI=1S/C12H21N3O3S2/c1-12(2,8-13)9-15(3)10(16)7-14-20(17,18)11-5-4-6-19-11/h4-6,14H,7-9,13H2,1-3H3. The van der Waals surface area contributed by atoms with E-state index in [0.717, 1.165) is 11.3 Å². The number of likely N-dealkylation sites (N-methyl/N-ethyl adjacent to an activating group) is 1. The molecular formula is C12H21N3O3S2. The number of amides is 1. The molecule has 114 valence electrons. The summed E-state index contributed by atoms with van der Waals surface area (Å²) in [6.07, 6.45) is 0. The second-order valence-corrected chi connectivity index (χ2v) is 8.32. The van der Waals surface area contributed by atoms with Gasteiger partial charge in [0.05, 0.1) is 6.54 Å². The minimum atomic E-state index is -3.60. The molecule has 1 heterocycles. The van der Waals surface area contributed by atoms with Gasteiger partial charge in [-0.15, -0.1) is 11.3 Å². The van der Waals surface area contributed by atoms with Crippen molar-refractivity contribution in [3.05, 3.63) is 17.5 Å². The Bertz CT molecular complexity index is 538. The fraction of sp³-hybridized carbons (Fsp3) is 0.583. The van der Waals surface area contributed by atoms with Crippen LogP contribution in [0.25, 0.3) is 0 Å². The van der Waals surface area contributed by atoms with Gasteiger partial charge < -0.3 is 10.6 Å². The highest BCUT2D eigenvalue weighted by atomic mass is 32.2. The summed E-state index contributed by atoms with van der Waals surface area (Å²) in [6, 6.07) is 3.15. The zero-order valence-corrected chi connectivity index (χ0v) is 13.6. The number of nitrogens with zero attached hydrogens (tertiary/aromatic N) is 1. The summed E-state index contributed by atoms with van der Waals surface area (Å²) in [5.41, 5.74) is 5.42. The first kappa shape index (κ1) is 17.1. The van der Waals surface area contributed by atoms with Gasteiger partial charge in [0.15, 0.2) is 0 Å². The molecule has 0 aliphatic heterocycles. The van der Waals surface area contributed by atoms with Crippen LogP contribution in [0.4, 0.5) is 0 Å². The van der Waals surface area contributed by atoms with Crippen LogP contribution in [0.15, 0.2) is 21.7 Å². The summed E-state index contributed by atoms with van der Waals surface area (Å²) in [5, 5.41) is 1.67. The third kappa shape index (κ3) is 4.86. The molecule has 1 rings (SSSR count). The molecule has 0 aliphatic carbocycles. The SMILES string of the molecule is CN(CC(C)(C)CN)C(=O)CNS(=O)(=O)c1cccs1. The zero-order chi connectivity index (χ0) is 15.4. The molecule has 1 amide bonds. The number of carbonyl (C=O) groups excluding carboxylic acids is 1. The van der Waals surface area contributed by atoms with Crippen molar-refractivity contribution >= 4 is 27.3 Å². The van der Waals surface area contributed by atoms with Crippen molar-refractivity contribution in [1.29, 1.82) is 0 Å². The van der Waals surface area contributed by atoms with Crippen molar-refractivity contribution in [1.82, 2.24) is 9.62 Å². The number of nitrogens with two attached hydrogens (primary N) is 1. The first-order valence-electron chi connectivity index (χ1n) is 6.15. The quantitative estimate of drug-likeness (QED) is 0.764. The average Bonchev–Trinajstić information content (AvgIpc) is 2.90. The maximum Gasteiger partial charge on any atom is 0.250 e. The predicted molar refractivity (Wildman–Crippen MR) is 80.0 cm³/mol. The second-order valence-electron chi connectivity index (χ2n) is 5.37. The van der Waals surface area contributed by atoms with E-state index in [1.807, 2.05) is 13.8 Å². The Labute approximate surface area is 124 Å². The van der Waals surface area contributed by atoms with Crippen LogP contribution < -0.4 is 10.5 Å². The predicted octanol–water partition coefficient (Wildman–Crippen LogP) is 0.470. The Morgan fingerprint density at radius 1 is 1.50 bits per heavy atom. The third-order valence-electron chi connectivity index (χ3n) is 2.82. The summed E-state index contributed by atoms with van der Waals surface area (Å²) >= 11 is 1.11. The van der Waals surface area contributed by atoms with Crippen molar-refractivity contribution in [2.45, 2.75) is 18.1 Å². The van der Waals surface area contributed by atoms with E-state index < -0.39 is 10.0 Å². The molecule has 8 heteroatoms. The Morgan fingerprint density at radius 3 is 2.65 bits per heavy atom. The fourth-order valence-corrected chi connectivity index (χ4v) is 3.59. The van der Waals surface area contributed by atoms with E-state index in [-0.39, 0.29) is 22.1 Å². The molecule has 0 atom stereocenters. The van der Waals surface area contributed by atoms with Gasteiger partial charge in [-0.05, 0) is 23.4 Å². The molecule has 0 radical (unpaired) electrons. The lowest BCUT2D eigenvalue weighted by atomic mass is 9.93. The smallest absolute Gasteiger partial charge is 0.250 e. The van der Waals surface area contributed by atoms with E-state index in [0.29, 0.717) is 13.1 Å². The molecule has 0 bridgehead atoms. The van der Waals surface area contributed by atoms with Crippen molar-refractivity contribution in [3.63, 3.8) is 0 Å². The Morgan fingerprint density at radius 2 is 2.15 bits per heavy atom. The molecule has 1 aromatic heterocycles. The lowest BCUT2D eigenvalue weighted by molar-refractivity contribution is -0.129. The summed E-state index contributed by atoms with van der Waals surface area (Å²) in [5.74, 6) is -0.286. The first-order chi connectivity index (χ1) is 9.18. The van der Waals surface area contributed by atoms with Gasteiger partial charge in [0, 0.05) is 13.6 Å². The number of rotatable bonds is 7. The molecule has 3 N–H and O–H groups in total. The number of hydrogen-bond acceptors (Lipinski definition) is 5. The van der Waals surface area contributed by atoms with Gasteiger partial charge in [0.1, 0.15) is 4.21 Å². The van der Waals surface area contributed by atoms with Crippen molar-refractivity contribution in [2.75, 3.05) is 26.7 Å². The topological polar surface area (TPSA) is 92.5 Å². The molecule has 0 aromatic carbocycles. The largest absolute Gasteiger partial charge is 0.344 e. The maximum absolute atomic E-state index is 11.9. The number of thiophene rings is 1. The van der Waals surface area contributed by atoms with E-state index in [9.17, 15) is 13.2 Å². The van der Waals surface area contributed by atoms with Crippen molar-refractivity contribution in [3.8, 4) is 0 Å². The van der Waals surface area contributed by atoms with Crippen molar-refractivity contribution < 1.29 is 13.2 Å². The van der Waals surface area contributed by atoms with Crippen LogP contribution in [-0.2, 0) is 14.8 Å². The third-order valence-corrected chi connectivity index (χ3v) is 5.62. The monoisotopic (exact) mass is 319 g/mol. The molecule has 0 fully saturated rings. The minimum Gasteiger partial charge on any atom is -0.344 e. The van der Waals surface area contributed by atoms with E-state index in [1.54, 1.807) is 18.5 Å². The molecule has 0 saturated carbocycles. The van der Waals surface area contributed by atoms with Gasteiger partial charge in [-0.2, -0.15) is 0 Å². The molecular weight excluding hydrogens is 298 g/mol. The van der Waals surface area contributed by atoms with Crippen molar-refractivity contribution in [2.24, 2.45) is 11.1 Å². The van der Waals surface area contributed by atoms with Crippen LogP contribution in [0.5, 0.6) is 0 Å². The van der Waals surface area contributed by atoms with E-state index in [1.165, 1.54) is 11.0 Å². The Hall–Kier alpha value is -0.960. The maximum atomic E-state index is 11.9. The van der Waals surface area contributed by atoms with Gasteiger partial charge >= 0.3 is 0 Å². The number of hydrogen-bond donors (Lipinski definition) is 2. The molecule has 6 nitrogen and oxygen atoms in total. The highest BCUT2D eigenvalue weighted by Crippen LogP contribution is 2.16. The number of carbonyl (C=O) groups is 1. The summed E-state index contributed by atoms with van der Waals surface area (Å²) in [6.45, 7) is 4.57. The van der Waals surface area contributed by atoms with Crippen LogP contribution in [0.1, 0.15) is 13.8 Å². The van der Waals surface area contributed by atoms with Gasteiger partial charge in [-0.25, -0.2) is 13.1 Å². The van der Waals surface area contributed by atoms with Crippen LogP contribution in [-0.4, -0.2) is 45.9 Å². The fourth-order valence-electron chi connectivity index (χ4n) is 1.57. The summed E-state index contributed by atoms with van der Waals surface area (Å²) in [7, 11) is -1.96. The van der Waals surface area contributed by atoms with E-state index >= 15 is 0 Å². The van der Waals surface area contributed by atoms with Gasteiger partial charge in [0.25, 0.3) is 10.0 Å². The van der Waals surface area contributed by atoms with Gasteiger partial charge in [-0.3, -0.25) is 4.79 Å². The highest BCUT2D eigenvalue weighted by molar-refractivity contribution is 7.91. The average molecular weight is 319 g/mol. The Kier molecular flexibility index (Phi) is 5.69. The van der Waals surface area contributed by atoms with E-state index in [2.05, 4.69) is 4.72 Å². The summed E-state index contributed by atoms with van der Waals surface area (Å²) < 4.78 is 26.3. The lowest BCUT2D eigenvalue weighted by Gasteiger charge is -2.29. The normalized spacial score (nSPS) is 12.4. The molecule has 0 aliphatic rings. The summed E-state index contributed by atoms with van der Waals surface area (Å²) in [4.78, 5) is 13.4. The second kappa shape index (κ2) is 6.66. The van der Waals surface area contributed by atoms with E-state index in [4.69, 9.17) is 5.73 Å².